The van der Waals surface area contributed by atoms with E-state index in [1.807, 2.05) is 6.20 Å². The van der Waals surface area contributed by atoms with Crippen molar-refractivity contribution in [1.82, 2.24) is 10.3 Å². The molecule has 0 saturated carbocycles. The van der Waals surface area contributed by atoms with Crippen molar-refractivity contribution < 1.29 is 4.74 Å². The van der Waals surface area contributed by atoms with Crippen molar-refractivity contribution in [2.75, 3.05) is 24.5 Å². The maximum atomic E-state index is 5.91. The Kier molecular flexibility index (Phi) is 7.98. The van der Waals surface area contributed by atoms with E-state index in [1.54, 1.807) is 0 Å². The van der Waals surface area contributed by atoms with Gasteiger partial charge in [0, 0.05) is 25.8 Å². The van der Waals surface area contributed by atoms with Crippen LogP contribution in [0, 0.1) is 0 Å². The summed E-state index contributed by atoms with van der Waals surface area (Å²) in [6, 6.07) is 4.13. The van der Waals surface area contributed by atoms with Crippen LogP contribution >= 0.6 is 0 Å². The van der Waals surface area contributed by atoms with Gasteiger partial charge in [0.25, 0.3) is 0 Å². The van der Waals surface area contributed by atoms with Crippen LogP contribution in [-0.4, -0.2) is 42.8 Å². The number of ether oxygens (including phenoxy) is 1. The number of nitrogens with one attached hydrogen (secondary N) is 1. The monoisotopic (exact) mass is 347 g/mol. The molecule has 0 bridgehead atoms. The van der Waals surface area contributed by atoms with Crippen LogP contribution in [0.3, 0.4) is 0 Å². The van der Waals surface area contributed by atoms with E-state index in [-0.39, 0.29) is 12.2 Å². The van der Waals surface area contributed by atoms with Crippen LogP contribution in [0.25, 0.3) is 0 Å². The summed E-state index contributed by atoms with van der Waals surface area (Å²) in [5, 5.41) is 3.17. The fraction of sp³-hybridized carbons (Fsp3) is 0.684. The number of pyridine rings is 1. The molecule has 2 atom stereocenters. The van der Waals surface area contributed by atoms with Crippen LogP contribution in [0.1, 0.15) is 52.0 Å². The number of hydrogen-bond donors (Lipinski definition) is 2. The molecule has 1 fully saturated rings. The molecule has 1 aliphatic rings. The van der Waals surface area contributed by atoms with Crippen molar-refractivity contribution in [1.29, 1.82) is 0 Å². The Hall–Kier alpha value is -1.82. The summed E-state index contributed by atoms with van der Waals surface area (Å²) in [5.74, 6) is 1.51. The minimum absolute atomic E-state index is 0.234. The van der Waals surface area contributed by atoms with Gasteiger partial charge in [-0.25, -0.2) is 9.98 Å². The van der Waals surface area contributed by atoms with Gasteiger partial charge in [-0.15, -0.1) is 0 Å². The number of guanidine groups is 1. The SMILES string of the molecule is CCCCCCNC(N)=NCc1ccc(N2CC(C)OC(C)C2)nc1. The summed E-state index contributed by atoms with van der Waals surface area (Å²) in [6.45, 7) is 9.61. The number of nitrogens with two attached hydrogens (primary N) is 1. The third-order valence-corrected chi connectivity index (χ3v) is 4.32. The minimum Gasteiger partial charge on any atom is -0.372 e. The summed E-state index contributed by atoms with van der Waals surface area (Å²) < 4.78 is 5.77. The Labute approximate surface area is 151 Å². The fourth-order valence-corrected chi connectivity index (χ4v) is 3.06. The van der Waals surface area contributed by atoms with Crippen LogP contribution in [0.15, 0.2) is 23.3 Å². The summed E-state index contributed by atoms with van der Waals surface area (Å²) in [6.07, 6.45) is 7.25. The molecule has 1 aromatic heterocycles. The minimum atomic E-state index is 0.234. The lowest BCUT2D eigenvalue weighted by Crippen LogP contribution is -2.45. The molecular weight excluding hydrogens is 314 g/mol. The van der Waals surface area contributed by atoms with E-state index in [2.05, 4.69) is 53.1 Å². The van der Waals surface area contributed by atoms with Gasteiger partial charge in [-0.05, 0) is 31.9 Å². The van der Waals surface area contributed by atoms with Gasteiger partial charge in [-0.3, -0.25) is 0 Å². The van der Waals surface area contributed by atoms with Crippen LogP contribution in [0.2, 0.25) is 0 Å². The lowest BCUT2D eigenvalue weighted by Gasteiger charge is -2.36. The number of morpholine rings is 1. The third-order valence-electron chi connectivity index (χ3n) is 4.32. The fourth-order valence-electron chi connectivity index (χ4n) is 3.06. The zero-order valence-electron chi connectivity index (χ0n) is 15.9. The average molecular weight is 348 g/mol. The van der Waals surface area contributed by atoms with E-state index in [0.717, 1.165) is 37.4 Å². The van der Waals surface area contributed by atoms with Crippen molar-refractivity contribution in [3.05, 3.63) is 23.9 Å². The molecule has 1 saturated heterocycles. The Balaban J connectivity index is 1.78. The maximum Gasteiger partial charge on any atom is 0.188 e. The first-order valence-corrected chi connectivity index (χ1v) is 9.47. The highest BCUT2D eigenvalue weighted by atomic mass is 16.5. The molecule has 0 aromatic carbocycles. The van der Waals surface area contributed by atoms with Crippen LogP contribution in [-0.2, 0) is 11.3 Å². The van der Waals surface area contributed by atoms with Crippen LogP contribution < -0.4 is 16.0 Å². The zero-order chi connectivity index (χ0) is 18.1. The summed E-state index contributed by atoms with van der Waals surface area (Å²) in [7, 11) is 0. The number of aliphatic imine (C=N–C) groups is 1. The highest BCUT2D eigenvalue weighted by Gasteiger charge is 2.22. The van der Waals surface area contributed by atoms with Gasteiger partial charge in [0.2, 0.25) is 0 Å². The number of anilines is 1. The molecule has 6 heteroatoms. The van der Waals surface area contributed by atoms with Crippen molar-refractivity contribution in [2.45, 2.75) is 65.2 Å². The van der Waals surface area contributed by atoms with Gasteiger partial charge in [-0.1, -0.05) is 32.3 Å². The molecule has 0 spiro atoms. The molecule has 1 aromatic rings. The number of rotatable bonds is 8. The molecule has 2 unspecified atom stereocenters. The Morgan fingerprint density at radius 3 is 2.68 bits per heavy atom. The second-order valence-electron chi connectivity index (χ2n) is 6.88. The Morgan fingerprint density at radius 1 is 1.28 bits per heavy atom. The maximum absolute atomic E-state index is 5.91. The highest BCUT2D eigenvalue weighted by molar-refractivity contribution is 5.77. The predicted molar refractivity (Wildman–Crippen MR) is 104 cm³/mol. The third kappa shape index (κ3) is 6.90. The van der Waals surface area contributed by atoms with E-state index in [4.69, 9.17) is 10.5 Å². The lowest BCUT2D eigenvalue weighted by atomic mass is 10.2. The molecule has 140 valence electrons. The Morgan fingerprint density at radius 2 is 2.04 bits per heavy atom. The first kappa shape index (κ1) is 19.5. The molecule has 0 amide bonds. The van der Waals surface area contributed by atoms with E-state index >= 15 is 0 Å². The van der Waals surface area contributed by atoms with E-state index in [0.29, 0.717) is 12.5 Å². The average Bonchev–Trinajstić information content (AvgIpc) is 2.59. The van der Waals surface area contributed by atoms with Gasteiger partial charge in [-0.2, -0.15) is 0 Å². The van der Waals surface area contributed by atoms with Gasteiger partial charge in [0.15, 0.2) is 5.96 Å². The van der Waals surface area contributed by atoms with E-state index in [1.165, 1.54) is 19.3 Å². The standard InChI is InChI=1S/C19H33N5O/c1-4-5-6-7-10-21-19(20)23-12-17-8-9-18(22-11-17)24-13-15(2)25-16(3)14-24/h8-9,11,15-16H,4-7,10,12-14H2,1-3H3,(H3,20,21,23). The summed E-state index contributed by atoms with van der Waals surface area (Å²) in [4.78, 5) is 11.2. The van der Waals surface area contributed by atoms with E-state index in [9.17, 15) is 0 Å². The van der Waals surface area contributed by atoms with Crippen molar-refractivity contribution in [3.63, 3.8) is 0 Å². The van der Waals surface area contributed by atoms with Crippen LogP contribution in [0.5, 0.6) is 0 Å². The molecule has 1 aliphatic heterocycles. The first-order valence-electron chi connectivity index (χ1n) is 9.47. The number of unbranched alkanes of at least 4 members (excludes halogenated alkanes) is 3. The predicted octanol–water partition coefficient (Wildman–Crippen LogP) is 2.68. The summed E-state index contributed by atoms with van der Waals surface area (Å²) in [5.41, 5.74) is 6.97. The molecule has 0 radical (unpaired) electrons. The van der Waals surface area contributed by atoms with E-state index < -0.39 is 0 Å². The molecule has 25 heavy (non-hydrogen) atoms. The zero-order valence-corrected chi connectivity index (χ0v) is 15.9. The van der Waals surface area contributed by atoms with Crippen molar-refractivity contribution in [2.24, 2.45) is 10.7 Å². The molecule has 0 aliphatic carbocycles. The van der Waals surface area contributed by atoms with Crippen molar-refractivity contribution >= 4 is 11.8 Å². The van der Waals surface area contributed by atoms with Gasteiger partial charge < -0.3 is 20.7 Å². The quantitative estimate of drug-likeness (QED) is 0.429. The summed E-state index contributed by atoms with van der Waals surface area (Å²) >= 11 is 0. The second kappa shape index (κ2) is 10.2. The van der Waals surface area contributed by atoms with Crippen LogP contribution in [0.4, 0.5) is 5.82 Å². The Bertz CT molecular complexity index is 521. The highest BCUT2D eigenvalue weighted by Crippen LogP contribution is 2.18. The first-order chi connectivity index (χ1) is 12.1. The molecular formula is C19H33N5O. The molecule has 2 heterocycles. The normalized spacial score (nSPS) is 21.4. The molecule has 3 N–H and O–H groups in total. The number of nitrogens with zero attached hydrogens (tertiary/aromatic N) is 3. The smallest absolute Gasteiger partial charge is 0.188 e. The van der Waals surface area contributed by atoms with Crippen molar-refractivity contribution in [3.8, 4) is 0 Å². The molecule has 6 nitrogen and oxygen atoms in total. The molecule has 2 rings (SSSR count). The van der Waals surface area contributed by atoms with Gasteiger partial charge in [0.05, 0.1) is 18.8 Å². The van der Waals surface area contributed by atoms with Gasteiger partial charge in [0.1, 0.15) is 5.82 Å². The topological polar surface area (TPSA) is 75.8 Å². The number of hydrogen-bond acceptors (Lipinski definition) is 4. The van der Waals surface area contributed by atoms with Gasteiger partial charge >= 0.3 is 0 Å². The largest absolute Gasteiger partial charge is 0.372 e. The second-order valence-corrected chi connectivity index (χ2v) is 6.88. The lowest BCUT2D eigenvalue weighted by molar-refractivity contribution is -0.00545. The number of aromatic nitrogens is 1.